The Morgan fingerprint density at radius 3 is 1.70 bits per heavy atom. The van der Waals surface area contributed by atoms with E-state index in [0.29, 0.717) is 5.84 Å². The summed E-state index contributed by atoms with van der Waals surface area (Å²) >= 11 is 0. The number of rotatable bonds is 7. The first kappa shape index (κ1) is 39.0. The van der Waals surface area contributed by atoms with Gasteiger partial charge in [0.15, 0.2) is 5.84 Å². The number of benzene rings is 10. The van der Waals surface area contributed by atoms with Crippen molar-refractivity contribution in [1.29, 1.82) is 0 Å². The number of nitrogens with one attached hydrogen (secondary N) is 1. The lowest BCUT2D eigenvalue weighted by Crippen LogP contribution is -2.34. The Kier molecular flexibility index (Phi) is 8.86. The molecule has 14 rings (SSSR count). The molecule has 6 heteroatoms. The number of aromatic nitrogens is 2. The molecule has 0 bridgehead atoms. The molecule has 324 valence electrons. The molecule has 1 N–H and O–H groups in total. The Morgan fingerprint density at radius 2 is 0.928 bits per heavy atom. The monoisotopic (exact) mass is 883 g/mol. The summed E-state index contributed by atoms with van der Waals surface area (Å²) in [5.41, 5.74) is 15.9. The van der Waals surface area contributed by atoms with Gasteiger partial charge in [-0.1, -0.05) is 176 Å². The fraction of sp³-hybridized carbons (Fsp3) is 0.0159. The summed E-state index contributed by atoms with van der Waals surface area (Å²) < 4.78 is 11.2. The van der Waals surface area contributed by atoms with E-state index >= 15 is 0 Å². The van der Waals surface area contributed by atoms with E-state index in [1.54, 1.807) is 0 Å². The van der Waals surface area contributed by atoms with Gasteiger partial charge in [0.1, 0.15) is 23.2 Å². The highest BCUT2D eigenvalue weighted by Crippen LogP contribution is 2.45. The van der Waals surface area contributed by atoms with Gasteiger partial charge in [0.25, 0.3) is 0 Å². The second kappa shape index (κ2) is 15.7. The molecule has 0 radical (unpaired) electrons. The third-order valence-electron chi connectivity index (χ3n) is 13.8. The van der Waals surface area contributed by atoms with Crippen molar-refractivity contribution in [2.75, 3.05) is 0 Å². The zero-order valence-corrected chi connectivity index (χ0v) is 37.3. The van der Waals surface area contributed by atoms with Gasteiger partial charge >= 0.3 is 0 Å². The molecule has 1 aliphatic heterocycles. The molecule has 3 aromatic heterocycles. The third kappa shape index (κ3) is 6.19. The number of hydrogen-bond acceptors (Lipinski definition) is 4. The highest BCUT2D eigenvalue weighted by Gasteiger charge is 2.28. The SMILES string of the molecule is c1ccc(-c2cccc(C3=NC(c4ccccc4-n4c5ccccc5c5c(-c6cccc7c6c6ccccc6n7-c6ccccc6)cccc54)NC(c4cccc5oc6ccccc6c45)=N3)c2)cc1. The molecule has 69 heavy (non-hydrogen) atoms. The molecule has 1 aliphatic rings. The van der Waals surface area contributed by atoms with Crippen LogP contribution in [0.5, 0.6) is 0 Å². The Bertz CT molecular complexity index is 4230. The highest BCUT2D eigenvalue weighted by atomic mass is 16.3. The van der Waals surface area contributed by atoms with Crippen molar-refractivity contribution < 1.29 is 4.42 Å². The maximum atomic E-state index is 6.41. The second-order valence-electron chi connectivity index (χ2n) is 17.7. The van der Waals surface area contributed by atoms with Gasteiger partial charge in [0.2, 0.25) is 0 Å². The minimum absolute atomic E-state index is 0.505. The van der Waals surface area contributed by atoms with E-state index in [0.717, 1.165) is 78.0 Å². The second-order valence-corrected chi connectivity index (χ2v) is 17.7. The first-order chi connectivity index (χ1) is 34.2. The average Bonchev–Trinajstić information content (AvgIpc) is 4.09. The maximum Gasteiger partial charge on any atom is 0.159 e. The molecule has 0 spiro atoms. The quantitative estimate of drug-likeness (QED) is 0.173. The number of fused-ring (bicyclic) bond motifs is 9. The number of furan rings is 1. The zero-order valence-electron chi connectivity index (χ0n) is 37.3. The van der Waals surface area contributed by atoms with Gasteiger partial charge in [-0.2, -0.15) is 0 Å². The molecular weight excluding hydrogens is 843 g/mol. The predicted octanol–water partition coefficient (Wildman–Crippen LogP) is 15.6. The predicted molar refractivity (Wildman–Crippen MR) is 285 cm³/mol. The van der Waals surface area contributed by atoms with Gasteiger partial charge in [-0.15, -0.1) is 0 Å². The van der Waals surface area contributed by atoms with Crippen LogP contribution in [-0.2, 0) is 0 Å². The Labute approximate surface area is 397 Å². The van der Waals surface area contributed by atoms with Crippen LogP contribution in [0.4, 0.5) is 0 Å². The third-order valence-corrected chi connectivity index (χ3v) is 13.8. The summed E-state index contributed by atoms with van der Waals surface area (Å²) in [7, 11) is 0. The van der Waals surface area contributed by atoms with Gasteiger partial charge in [0, 0.05) is 54.7 Å². The number of nitrogens with zero attached hydrogens (tertiary/aromatic N) is 4. The van der Waals surface area contributed by atoms with Crippen molar-refractivity contribution in [3.63, 3.8) is 0 Å². The van der Waals surface area contributed by atoms with Crippen molar-refractivity contribution in [2.24, 2.45) is 9.98 Å². The molecule has 1 unspecified atom stereocenters. The van der Waals surface area contributed by atoms with Crippen LogP contribution in [0.15, 0.2) is 251 Å². The molecule has 10 aromatic carbocycles. The molecular formula is C63H41N5O. The van der Waals surface area contributed by atoms with Crippen LogP contribution in [0.3, 0.4) is 0 Å². The number of para-hydroxylation sites is 5. The number of aliphatic imine (C=N–C) groups is 2. The summed E-state index contributed by atoms with van der Waals surface area (Å²) in [6, 6.07) is 83.9. The number of amidine groups is 2. The molecule has 0 fully saturated rings. The Morgan fingerprint density at radius 1 is 0.391 bits per heavy atom. The molecule has 0 amide bonds. The molecule has 0 saturated carbocycles. The van der Waals surface area contributed by atoms with Crippen LogP contribution in [0.2, 0.25) is 0 Å². The smallest absolute Gasteiger partial charge is 0.159 e. The summed E-state index contributed by atoms with van der Waals surface area (Å²) in [5, 5.41) is 10.8. The van der Waals surface area contributed by atoms with Crippen LogP contribution in [-0.4, -0.2) is 20.8 Å². The summed E-state index contributed by atoms with van der Waals surface area (Å²) in [6.45, 7) is 0. The van der Waals surface area contributed by atoms with Crippen LogP contribution in [0.25, 0.3) is 99.2 Å². The van der Waals surface area contributed by atoms with E-state index in [4.69, 9.17) is 14.4 Å². The van der Waals surface area contributed by atoms with Crippen molar-refractivity contribution in [3.05, 3.63) is 253 Å². The molecule has 6 nitrogen and oxygen atoms in total. The Balaban J connectivity index is 0.979. The lowest BCUT2D eigenvalue weighted by molar-refractivity contribution is 0.667. The average molecular weight is 884 g/mol. The molecule has 0 aliphatic carbocycles. The summed E-state index contributed by atoms with van der Waals surface area (Å²) in [5.74, 6) is 1.38. The summed E-state index contributed by atoms with van der Waals surface area (Å²) in [6.07, 6.45) is -0.505. The highest BCUT2D eigenvalue weighted by molar-refractivity contribution is 6.23. The molecule has 4 heterocycles. The number of hydrogen-bond donors (Lipinski definition) is 1. The van der Waals surface area contributed by atoms with E-state index in [2.05, 4.69) is 221 Å². The van der Waals surface area contributed by atoms with Gasteiger partial charge in [0.05, 0.1) is 27.8 Å². The summed E-state index contributed by atoms with van der Waals surface area (Å²) in [4.78, 5) is 10.9. The van der Waals surface area contributed by atoms with Gasteiger partial charge in [-0.05, 0) is 82.9 Å². The minimum atomic E-state index is -0.505. The first-order valence-corrected chi connectivity index (χ1v) is 23.4. The maximum absolute atomic E-state index is 6.41. The zero-order chi connectivity index (χ0) is 45.4. The fourth-order valence-electron chi connectivity index (χ4n) is 10.8. The lowest BCUT2D eigenvalue weighted by atomic mass is 9.95. The molecule has 1 atom stereocenters. The standard InChI is InChI=1S/C63H41N5O/c1-3-19-40(20-4-1)41-21-15-22-42(39-41)61-64-62(66-63(65-61)50-31-18-38-57-60(50)49-28-10-14-37-56(49)69-57)48-27-9-13-34-53(48)68-52-33-12-8-26-47(52)59-45(30-17-36-55(59)68)44-29-16-35-54-58(44)46-25-7-11-32-51(46)67(54)43-23-5-2-6-24-43/h1-39,62H,(H,64,65,66). The van der Waals surface area contributed by atoms with E-state index in [1.807, 2.05) is 30.3 Å². The van der Waals surface area contributed by atoms with Crippen molar-refractivity contribution in [3.8, 4) is 33.6 Å². The van der Waals surface area contributed by atoms with E-state index in [-0.39, 0.29) is 0 Å². The fourth-order valence-corrected chi connectivity index (χ4v) is 10.8. The van der Waals surface area contributed by atoms with Crippen LogP contribution in [0.1, 0.15) is 22.9 Å². The van der Waals surface area contributed by atoms with Crippen molar-refractivity contribution in [1.82, 2.24) is 14.5 Å². The van der Waals surface area contributed by atoms with E-state index in [1.165, 1.54) is 43.7 Å². The van der Waals surface area contributed by atoms with Gasteiger partial charge in [-0.25, -0.2) is 9.98 Å². The molecule has 0 saturated heterocycles. The van der Waals surface area contributed by atoms with Crippen LogP contribution >= 0.6 is 0 Å². The normalized spacial score (nSPS) is 13.9. The Hall–Kier alpha value is -9.26. The minimum Gasteiger partial charge on any atom is -0.456 e. The van der Waals surface area contributed by atoms with E-state index < -0.39 is 6.17 Å². The molecule has 13 aromatic rings. The van der Waals surface area contributed by atoms with Gasteiger partial charge in [-0.3, -0.25) is 0 Å². The largest absolute Gasteiger partial charge is 0.456 e. The van der Waals surface area contributed by atoms with Crippen LogP contribution < -0.4 is 5.32 Å². The van der Waals surface area contributed by atoms with Gasteiger partial charge < -0.3 is 18.9 Å². The topological polar surface area (TPSA) is 59.8 Å². The van der Waals surface area contributed by atoms with E-state index in [9.17, 15) is 0 Å². The van der Waals surface area contributed by atoms with Crippen molar-refractivity contribution in [2.45, 2.75) is 6.17 Å². The first-order valence-electron chi connectivity index (χ1n) is 23.4. The lowest BCUT2D eigenvalue weighted by Gasteiger charge is -2.26. The van der Waals surface area contributed by atoms with Crippen molar-refractivity contribution >= 4 is 77.2 Å². The van der Waals surface area contributed by atoms with Crippen LogP contribution in [0, 0.1) is 0 Å².